The van der Waals surface area contributed by atoms with Crippen molar-refractivity contribution in [3.8, 4) is 17.2 Å². The first kappa shape index (κ1) is 17.7. The maximum atomic E-state index is 12.1. The highest BCUT2D eigenvalue weighted by Gasteiger charge is 2.10. The first-order valence-corrected chi connectivity index (χ1v) is 8.48. The summed E-state index contributed by atoms with van der Waals surface area (Å²) >= 11 is 0. The lowest BCUT2D eigenvalue weighted by molar-refractivity contribution is -0.118. The lowest BCUT2D eigenvalue weighted by Crippen LogP contribution is -2.20. The van der Waals surface area contributed by atoms with Gasteiger partial charge in [0.2, 0.25) is 0 Å². The lowest BCUT2D eigenvalue weighted by atomic mass is 10.1. The van der Waals surface area contributed by atoms with E-state index in [0.717, 1.165) is 16.8 Å². The van der Waals surface area contributed by atoms with Gasteiger partial charge in [-0.1, -0.05) is 24.2 Å². The molecule has 3 aromatic rings. The van der Waals surface area contributed by atoms with Crippen molar-refractivity contribution in [3.63, 3.8) is 0 Å². The third kappa shape index (κ3) is 4.27. The standard InChI is InChI=1S/C20H21N3O3/c1-4-18-22-20(26-23-18)15-6-5-7-17(11-15)25-12-19(24)21-16-9-8-13(2)14(3)10-16/h5-11H,4,12H2,1-3H3,(H,21,24). The van der Waals surface area contributed by atoms with Gasteiger partial charge in [-0.2, -0.15) is 4.98 Å². The molecule has 26 heavy (non-hydrogen) atoms. The number of nitrogens with one attached hydrogen (secondary N) is 1. The molecule has 0 spiro atoms. The summed E-state index contributed by atoms with van der Waals surface area (Å²) < 4.78 is 10.8. The molecule has 0 fully saturated rings. The van der Waals surface area contributed by atoms with E-state index in [4.69, 9.17) is 9.26 Å². The van der Waals surface area contributed by atoms with Gasteiger partial charge in [0.05, 0.1) is 0 Å². The second kappa shape index (κ2) is 7.82. The molecule has 0 unspecified atom stereocenters. The molecule has 0 atom stereocenters. The Kier molecular flexibility index (Phi) is 5.31. The molecule has 1 amide bonds. The van der Waals surface area contributed by atoms with Crippen LogP contribution in [0.2, 0.25) is 0 Å². The van der Waals surface area contributed by atoms with E-state index in [1.165, 1.54) is 5.56 Å². The van der Waals surface area contributed by atoms with E-state index in [1.54, 1.807) is 12.1 Å². The van der Waals surface area contributed by atoms with E-state index in [1.807, 2.05) is 51.1 Å². The summed E-state index contributed by atoms with van der Waals surface area (Å²) in [6.07, 6.45) is 0.707. The molecule has 0 saturated heterocycles. The van der Waals surface area contributed by atoms with E-state index in [0.29, 0.717) is 23.9 Å². The molecule has 0 aliphatic carbocycles. The van der Waals surface area contributed by atoms with Crippen molar-refractivity contribution in [3.05, 3.63) is 59.4 Å². The van der Waals surface area contributed by atoms with Gasteiger partial charge in [0.1, 0.15) is 5.75 Å². The Bertz CT molecular complexity index is 918. The number of carbonyl (C=O) groups excluding carboxylic acids is 1. The predicted molar refractivity (Wildman–Crippen MR) is 99.2 cm³/mol. The third-order valence-electron chi connectivity index (χ3n) is 4.03. The molecular weight excluding hydrogens is 330 g/mol. The van der Waals surface area contributed by atoms with Crippen LogP contribution in [0.3, 0.4) is 0 Å². The summed E-state index contributed by atoms with van der Waals surface area (Å²) in [5.41, 5.74) is 3.82. The van der Waals surface area contributed by atoms with Gasteiger partial charge in [-0.15, -0.1) is 0 Å². The minimum absolute atomic E-state index is 0.0829. The van der Waals surface area contributed by atoms with Gasteiger partial charge in [0.25, 0.3) is 11.8 Å². The zero-order valence-corrected chi connectivity index (χ0v) is 15.1. The van der Waals surface area contributed by atoms with E-state index >= 15 is 0 Å². The van der Waals surface area contributed by atoms with Crippen molar-refractivity contribution in [2.45, 2.75) is 27.2 Å². The van der Waals surface area contributed by atoms with Crippen molar-refractivity contribution in [2.24, 2.45) is 0 Å². The molecule has 6 heteroatoms. The molecule has 3 rings (SSSR count). The predicted octanol–water partition coefficient (Wildman–Crippen LogP) is 3.93. The van der Waals surface area contributed by atoms with Crippen LogP contribution in [0.15, 0.2) is 47.0 Å². The Balaban J connectivity index is 1.61. The van der Waals surface area contributed by atoms with Gasteiger partial charge in [-0.3, -0.25) is 4.79 Å². The van der Waals surface area contributed by atoms with Crippen LogP contribution in [0.5, 0.6) is 5.75 Å². The highest BCUT2D eigenvalue weighted by molar-refractivity contribution is 5.92. The van der Waals surface area contributed by atoms with Gasteiger partial charge < -0.3 is 14.6 Å². The smallest absolute Gasteiger partial charge is 0.262 e. The fourth-order valence-electron chi connectivity index (χ4n) is 2.40. The number of ether oxygens (including phenoxy) is 1. The number of hydrogen-bond acceptors (Lipinski definition) is 5. The second-order valence-electron chi connectivity index (χ2n) is 6.03. The molecule has 0 aliphatic heterocycles. The first-order valence-electron chi connectivity index (χ1n) is 8.48. The highest BCUT2D eigenvalue weighted by Crippen LogP contribution is 2.22. The van der Waals surface area contributed by atoms with Gasteiger partial charge in [0.15, 0.2) is 12.4 Å². The molecule has 2 aromatic carbocycles. The molecule has 1 N–H and O–H groups in total. The van der Waals surface area contributed by atoms with Gasteiger partial charge >= 0.3 is 0 Å². The summed E-state index contributed by atoms with van der Waals surface area (Å²) in [4.78, 5) is 16.4. The van der Waals surface area contributed by atoms with Crippen LogP contribution in [-0.2, 0) is 11.2 Å². The van der Waals surface area contributed by atoms with Crippen LogP contribution in [0, 0.1) is 13.8 Å². The minimum Gasteiger partial charge on any atom is -0.484 e. The molecule has 0 saturated carbocycles. The van der Waals surface area contributed by atoms with Crippen LogP contribution in [0.25, 0.3) is 11.5 Å². The van der Waals surface area contributed by atoms with Crippen LogP contribution in [0.4, 0.5) is 5.69 Å². The SMILES string of the molecule is CCc1noc(-c2cccc(OCC(=O)Nc3ccc(C)c(C)c3)c2)n1. The normalized spacial score (nSPS) is 10.6. The molecule has 1 aromatic heterocycles. The van der Waals surface area contributed by atoms with Gasteiger partial charge in [-0.25, -0.2) is 0 Å². The number of nitrogens with zero attached hydrogens (tertiary/aromatic N) is 2. The third-order valence-corrected chi connectivity index (χ3v) is 4.03. The lowest BCUT2D eigenvalue weighted by Gasteiger charge is -2.09. The zero-order chi connectivity index (χ0) is 18.5. The Labute approximate surface area is 152 Å². The number of anilines is 1. The first-order chi connectivity index (χ1) is 12.5. The van der Waals surface area contributed by atoms with Crippen LogP contribution >= 0.6 is 0 Å². The Morgan fingerprint density at radius 3 is 2.73 bits per heavy atom. The van der Waals surface area contributed by atoms with E-state index in [2.05, 4.69) is 15.5 Å². The second-order valence-corrected chi connectivity index (χ2v) is 6.03. The van der Waals surface area contributed by atoms with Crippen LogP contribution < -0.4 is 10.1 Å². The van der Waals surface area contributed by atoms with E-state index in [-0.39, 0.29) is 12.5 Å². The Morgan fingerprint density at radius 2 is 2.00 bits per heavy atom. The summed E-state index contributed by atoms with van der Waals surface area (Å²) in [6, 6.07) is 13.0. The fourth-order valence-corrected chi connectivity index (χ4v) is 2.40. The number of hydrogen-bond donors (Lipinski definition) is 1. The number of rotatable bonds is 6. The topological polar surface area (TPSA) is 77.2 Å². The summed E-state index contributed by atoms with van der Waals surface area (Å²) in [6.45, 7) is 5.92. The van der Waals surface area contributed by atoms with Crippen LogP contribution in [0.1, 0.15) is 23.9 Å². The quantitative estimate of drug-likeness (QED) is 0.728. The van der Waals surface area contributed by atoms with Crippen LogP contribution in [-0.4, -0.2) is 22.7 Å². The van der Waals surface area contributed by atoms with Crippen molar-refractivity contribution < 1.29 is 14.1 Å². The minimum atomic E-state index is -0.218. The molecule has 134 valence electrons. The Hall–Kier alpha value is -3.15. The largest absolute Gasteiger partial charge is 0.484 e. The van der Waals surface area contributed by atoms with Crippen molar-refractivity contribution in [1.82, 2.24) is 10.1 Å². The van der Waals surface area contributed by atoms with E-state index in [9.17, 15) is 4.79 Å². The van der Waals surface area contributed by atoms with E-state index < -0.39 is 0 Å². The summed E-state index contributed by atoms with van der Waals surface area (Å²) in [7, 11) is 0. The Morgan fingerprint density at radius 1 is 1.15 bits per heavy atom. The number of amides is 1. The number of aromatic nitrogens is 2. The number of aryl methyl sites for hydroxylation is 3. The summed E-state index contributed by atoms with van der Waals surface area (Å²) in [5.74, 6) is 1.43. The van der Waals surface area contributed by atoms with Gasteiger partial charge in [0, 0.05) is 17.7 Å². The monoisotopic (exact) mass is 351 g/mol. The maximum absolute atomic E-state index is 12.1. The molecule has 0 bridgehead atoms. The average Bonchev–Trinajstić information content (AvgIpc) is 3.13. The van der Waals surface area contributed by atoms with Crippen molar-refractivity contribution >= 4 is 11.6 Å². The molecule has 1 heterocycles. The van der Waals surface area contributed by atoms with Crippen molar-refractivity contribution in [1.29, 1.82) is 0 Å². The number of carbonyl (C=O) groups is 1. The fraction of sp³-hybridized carbons (Fsp3) is 0.250. The molecule has 6 nitrogen and oxygen atoms in total. The van der Waals surface area contributed by atoms with Crippen molar-refractivity contribution in [2.75, 3.05) is 11.9 Å². The summed E-state index contributed by atoms with van der Waals surface area (Å²) in [5, 5.41) is 6.72. The maximum Gasteiger partial charge on any atom is 0.262 e. The zero-order valence-electron chi connectivity index (χ0n) is 15.1. The number of benzene rings is 2. The molecular formula is C20H21N3O3. The molecule has 0 aliphatic rings. The highest BCUT2D eigenvalue weighted by atomic mass is 16.5. The molecule has 0 radical (unpaired) electrons. The van der Waals surface area contributed by atoms with Gasteiger partial charge in [-0.05, 0) is 55.3 Å². The average molecular weight is 351 g/mol.